The second-order valence-corrected chi connectivity index (χ2v) is 7.67. The lowest BCUT2D eigenvalue weighted by atomic mass is 9.82. The molecule has 0 spiro atoms. The number of nitrogens with zero attached hydrogens (tertiary/aromatic N) is 1. The zero-order valence-corrected chi connectivity index (χ0v) is 17.5. The van der Waals surface area contributed by atoms with E-state index in [-0.39, 0.29) is 0 Å². The summed E-state index contributed by atoms with van der Waals surface area (Å²) >= 11 is 6.11. The van der Waals surface area contributed by atoms with Gasteiger partial charge in [-0.05, 0) is 35.7 Å². The van der Waals surface area contributed by atoms with Crippen LogP contribution in [-0.2, 0) is 15.1 Å². The molecule has 6 nitrogen and oxygen atoms in total. The molecule has 4 rings (SSSR count). The molecule has 0 saturated carbocycles. The Morgan fingerprint density at radius 2 is 1.52 bits per heavy atom. The van der Waals surface area contributed by atoms with Gasteiger partial charge in [0.2, 0.25) is 5.91 Å². The van der Waals surface area contributed by atoms with Crippen molar-refractivity contribution in [2.45, 2.75) is 12.5 Å². The van der Waals surface area contributed by atoms with Gasteiger partial charge in [-0.3, -0.25) is 14.5 Å². The van der Waals surface area contributed by atoms with Gasteiger partial charge in [0.05, 0.1) is 0 Å². The average Bonchev–Trinajstić information content (AvgIpc) is 3.04. The number of rotatable bonds is 5. The molecule has 4 amide bonds. The van der Waals surface area contributed by atoms with Gasteiger partial charge in [0, 0.05) is 10.7 Å². The summed E-state index contributed by atoms with van der Waals surface area (Å²) < 4.78 is 0. The van der Waals surface area contributed by atoms with Crippen molar-refractivity contribution in [3.63, 3.8) is 0 Å². The minimum Gasteiger partial charge on any atom is -0.324 e. The average molecular weight is 434 g/mol. The summed E-state index contributed by atoms with van der Waals surface area (Å²) in [6, 6.07) is 22.5. The molecular formula is C24H20ClN3O3. The Labute approximate surface area is 184 Å². The van der Waals surface area contributed by atoms with Crippen molar-refractivity contribution in [1.29, 1.82) is 0 Å². The van der Waals surface area contributed by atoms with Gasteiger partial charge in [0.15, 0.2) is 5.54 Å². The summed E-state index contributed by atoms with van der Waals surface area (Å²) in [5.41, 5.74) is 1.08. The maximum atomic E-state index is 13.6. The van der Waals surface area contributed by atoms with Crippen LogP contribution in [-0.4, -0.2) is 29.3 Å². The minimum atomic E-state index is -1.40. The predicted octanol–water partition coefficient (Wildman–Crippen LogP) is 4.08. The molecule has 0 radical (unpaired) electrons. The molecule has 0 aliphatic carbocycles. The number of carbonyl (C=O) groups excluding carboxylic acids is 3. The Morgan fingerprint density at radius 1 is 0.935 bits per heavy atom. The number of anilines is 1. The Hall–Kier alpha value is -3.64. The number of imide groups is 1. The van der Waals surface area contributed by atoms with Crippen molar-refractivity contribution in [1.82, 2.24) is 10.2 Å². The largest absolute Gasteiger partial charge is 0.326 e. The van der Waals surface area contributed by atoms with E-state index < -0.39 is 29.9 Å². The summed E-state index contributed by atoms with van der Waals surface area (Å²) in [7, 11) is 0. The Balaban J connectivity index is 1.65. The predicted molar refractivity (Wildman–Crippen MR) is 119 cm³/mol. The first kappa shape index (κ1) is 20.6. The van der Waals surface area contributed by atoms with Gasteiger partial charge in [-0.25, -0.2) is 4.79 Å². The van der Waals surface area contributed by atoms with Crippen LogP contribution in [0.2, 0.25) is 5.02 Å². The van der Waals surface area contributed by atoms with Crippen LogP contribution < -0.4 is 10.6 Å². The quantitative estimate of drug-likeness (QED) is 0.595. The van der Waals surface area contributed by atoms with E-state index in [2.05, 4.69) is 10.6 Å². The zero-order chi connectivity index (χ0) is 22.0. The van der Waals surface area contributed by atoms with Crippen molar-refractivity contribution in [3.05, 3.63) is 101 Å². The number of hydrogen-bond acceptors (Lipinski definition) is 3. The topological polar surface area (TPSA) is 78.5 Å². The van der Waals surface area contributed by atoms with Gasteiger partial charge < -0.3 is 10.6 Å². The van der Waals surface area contributed by atoms with Crippen LogP contribution in [0.3, 0.4) is 0 Å². The molecule has 2 N–H and O–H groups in total. The highest BCUT2D eigenvalue weighted by Gasteiger charge is 2.54. The molecule has 1 saturated heterocycles. The van der Waals surface area contributed by atoms with Crippen LogP contribution in [0.15, 0.2) is 78.9 Å². The minimum absolute atomic E-state index is 0.419. The number of carbonyl (C=O) groups is 3. The van der Waals surface area contributed by atoms with Crippen LogP contribution in [0.1, 0.15) is 16.7 Å². The first-order valence-electron chi connectivity index (χ1n) is 9.73. The Kier molecular flexibility index (Phi) is 5.48. The van der Waals surface area contributed by atoms with E-state index in [0.717, 1.165) is 4.90 Å². The Morgan fingerprint density at radius 3 is 2.10 bits per heavy atom. The highest BCUT2D eigenvalue weighted by molar-refractivity contribution is 6.31. The molecule has 156 valence electrons. The van der Waals surface area contributed by atoms with E-state index >= 15 is 0 Å². The number of benzene rings is 3. The van der Waals surface area contributed by atoms with Crippen molar-refractivity contribution < 1.29 is 14.4 Å². The molecule has 0 atom stereocenters. The fourth-order valence-electron chi connectivity index (χ4n) is 3.73. The lowest BCUT2D eigenvalue weighted by Crippen LogP contribution is -2.45. The van der Waals surface area contributed by atoms with E-state index in [1.54, 1.807) is 73.7 Å². The molecule has 1 aliphatic heterocycles. The first-order valence-corrected chi connectivity index (χ1v) is 10.1. The summed E-state index contributed by atoms with van der Waals surface area (Å²) in [5, 5.41) is 6.07. The summed E-state index contributed by atoms with van der Waals surface area (Å²) in [6.45, 7) is 1.36. The van der Waals surface area contributed by atoms with E-state index in [1.807, 2.05) is 12.1 Å². The van der Waals surface area contributed by atoms with Gasteiger partial charge >= 0.3 is 6.03 Å². The maximum Gasteiger partial charge on any atom is 0.326 e. The fraction of sp³-hybridized carbons (Fsp3) is 0.125. The third-order valence-electron chi connectivity index (χ3n) is 5.36. The fourth-order valence-corrected chi connectivity index (χ4v) is 3.90. The van der Waals surface area contributed by atoms with Crippen molar-refractivity contribution in [3.8, 4) is 0 Å². The smallest absolute Gasteiger partial charge is 0.324 e. The third kappa shape index (κ3) is 3.66. The third-order valence-corrected chi connectivity index (χ3v) is 5.77. The summed E-state index contributed by atoms with van der Waals surface area (Å²) in [6.07, 6.45) is 0. The molecule has 3 aromatic rings. The maximum absolute atomic E-state index is 13.6. The second kappa shape index (κ2) is 8.24. The lowest BCUT2D eigenvalue weighted by Gasteiger charge is -2.28. The van der Waals surface area contributed by atoms with Crippen molar-refractivity contribution in [2.24, 2.45) is 0 Å². The molecule has 1 heterocycles. The van der Waals surface area contributed by atoms with E-state index in [1.165, 1.54) is 0 Å². The summed E-state index contributed by atoms with van der Waals surface area (Å²) in [5.74, 6) is -1.00. The monoisotopic (exact) mass is 433 g/mol. The van der Waals surface area contributed by atoms with Crippen molar-refractivity contribution >= 4 is 35.1 Å². The van der Waals surface area contributed by atoms with E-state index in [0.29, 0.717) is 27.4 Å². The van der Waals surface area contributed by atoms with Crippen LogP contribution in [0.25, 0.3) is 0 Å². The number of halogens is 1. The first-order chi connectivity index (χ1) is 14.9. The summed E-state index contributed by atoms with van der Waals surface area (Å²) in [4.78, 5) is 40.1. The van der Waals surface area contributed by atoms with Gasteiger partial charge in [-0.15, -0.1) is 0 Å². The number of urea groups is 1. The molecule has 7 heteroatoms. The highest BCUT2D eigenvalue weighted by atomic mass is 35.5. The van der Waals surface area contributed by atoms with Gasteiger partial charge in [-0.2, -0.15) is 0 Å². The SMILES string of the molecule is Cc1c(Cl)cccc1NC(=O)CN1C(=O)NC(c2ccccc2)(c2ccccc2)C1=O. The molecule has 0 bridgehead atoms. The molecule has 1 aliphatic rings. The molecule has 0 aromatic heterocycles. The molecule has 3 aromatic carbocycles. The zero-order valence-electron chi connectivity index (χ0n) is 16.8. The van der Waals surface area contributed by atoms with Crippen LogP contribution >= 0.6 is 11.6 Å². The normalized spacial score (nSPS) is 15.0. The van der Waals surface area contributed by atoms with Gasteiger partial charge in [-0.1, -0.05) is 78.3 Å². The molecule has 0 unspecified atom stereocenters. The standard InChI is InChI=1S/C24H20ClN3O3/c1-16-19(25)13-8-14-20(16)26-21(29)15-28-22(30)24(27-23(28)31,17-9-4-2-5-10-17)18-11-6-3-7-12-18/h2-14H,15H2,1H3,(H,26,29)(H,27,31). The molecule has 1 fully saturated rings. The van der Waals surface area contributed by atoms with Gasteiger partial charge in [0.25, 0.3) is 5.91 Å². The van der Waals surface area contributed by atoms with E-state index in [4.69, 9.17) is 11.6 Å². The lowest BCUT2D eigenvalue weighted by molar-refractivity contribution is -0.133. The number of hydrogen-bond donors (Lipinski definition) is 2. The number of amides is 4. The molecule has 31 heavy (non-hydrogen) atoms. The second-order valence-electron chi connectivity index (χ2n) is 7.26. The van der Waals surface area contributed by atoms with Crippen LogP contribution in [0, 0.1) is 6.92 Å². The highest BCUT2D eigenvalue weighted by Crippen LogP contribution is 2.36. The van der Waals surface area contributed by atoms with Crippen LogP contribution in [0.5, 0.6) is 0 Å². The van der Waals surface area contributed by atoms with Crippen LogP contribution in [0.4, 0.5) is 10.5 Å². The van der Waals surface area contributed by atoms with Crippen molar-refractivity contribution in [2.75, 3.05) is 11.9 Å². The molecular weight excluding hydrogens is 414 g/mol. The Bertz CT molecular complexity index is 1110. The van der Waals surface area contributed by atoms with E-state index in [9.17, 15) is 14.4 Å². The van der Waals surface area contributed by atoms with Gasteiger partial charge in [0.1, 0.15) is 6.54 Å². The number of nitrogens with one attached hydrogen (secondary N) is 2.